The van der Waals surface area contributed by atoms with E-state index in [4.69, 9.17) is 5.11 Å². The third-order valence-corrected chi connectivity index (χ3v) is 7.93. The third kappa shape index (κ3) is 4.26. The van der Waals surface area contributed by atoms with E-state index in [9.17, 15) is 9.59 Å². The second kappa shape index (κ2) is 9.68. The molecule has 4 heterocycles. The largest absolute Gasteiger partial charge is 0.396 e. The van der Waals surface area contributed by atoms with Crippen LogP contribution in [0.15, 0.2) is 71.4 Å². The van der Waals surface area contributed by atoms with E-state index >= 15 is 0 Å². The quantitative estimate of drug-likeness (QED) is 0.525. The fraction of sp³-hybridized carbons (Fsp3) is 0.250. The van der Waals surface area contributed by atoms with E-state index in [0.29, 0.717) is 16.4 Å². The third-order valence-electron chi connectivity index (χ3n) is 6.52. The molecule has 6 nitrogen and oxygen atoms in total. The molecule has 1 aromatic carbocycles. The number of aromatic nitrogens is 2. The first-order chi connectivity index (χ1) is 17.0. The molecule has 2 amide bonds. The zero-order valence-electron chi connectivity index (χ0n) is 19.7. The molecule has 7 heteroatoms. The molecule has 1 unspecified atom stereocenters. The first-order valence-electron chi connectivity index (χ1n) is 11.7. The number of aliphatic hydroxyl groups is 1. The number of rotatable bonds is 4. The number of imide groups is 1. The SMILES string of the molecule is CC1=C(c2cccc3c2SC2CC=CC=C32)C(=O)NC1=O.Cc1cn(CCCO)c2ncccc12. The molecule has 0 saturated carbocycles. The number of amides is 2. The number of thioether (sulfide) groups is 1. The van der Waals surface area contributed by atoms with Gasteiger partial charge in [-0.25, -0.2) is 4.98 Å². The molecule has 1 atom stereocenters. The molecule has 0 saturated heterocycles. The Morgan fingerprint density at radius 2 is 1.97 bits per heavy atom. The van der Waals surface area contributed by atoms with Gasteiger partial charge >= 0.3 is 0 Å². The van der Waals surface area contributed by atoms with Crippen LogP contribution in [0.3, 0.4) is 0 Å². The van der Waals surface area contributed by atoms with Crippen LogP contribution in [0.4, 0.5) is 0 Å². The highest BCUT2D eigenvalue weighted by Gasteiger charge is 2.35. The molecule has 178 valence electrons. The van der Waals surface area contributed by atoms with Crippen molar-refractivity contribution in [1.82, 2.24) is 14.9 Å². The molecule has 3 aromatic rings. The van der Waals surface area contributed by atoms with Gasteiger partial charge in [-0.1, -0.05) is 36.4 Å². The van der Waals surface area contributed by atoms with Crippen molar-refractivity contribution in [3.05, 3.63) is 83.2 Å². The van der Waals surface area contributed by atoms with E-state index in [0.717, 1.165) is 35.5 Å². The van der Waals surface area contributed by atoms with Crippen molar-refractivity contribution in [3.63, 3.8) is 0 Å². The minimum absolute atomic E-state index is 0.228. The predicted molar refractivity (Wildman–Crippen MR) is 140 cm³/mol. The van der Waals surface area contributed by atoms with E-state index in [-0.39, 0.29) is 18.4 Å². The van der Waals surface area contributed by atoms with Gasteiger partial charge in [-0.2, -0.15) is 0 Å². The molecule has 6 rings (SSSR count). The molecule has 2 aromatic heterocycles. The Morgan fingerprint density at radius 3 is 2.74 bits per heavy atom. The number of fused-ring (bicyclic) bond motifs is 4. The molecule has 35 heavy (non-hydrogen) atoms. The van der Waals surface area contributed by atoms with Gasteiger partial charge in [-0.3, -0.25) is 14.9 Å². The number of hydrogen-bond acceptors (Lipinski definition) is 5. The molecule has 1 aliphatic carbocycles. The first-order valence-corrected chi connectivity index (χ1v) is 12.6. The summed E-state index contributed by atoms with van der Waals surface area (Å²) in [6.45, 7) is 4.85. The maximum absolute atomic E-state index is 12.1. The van der Waals surface area contributed by atoms with Crippen molar-refractivity contribution in [1.29, 1.82) is 0 Å². The van der Waals surface area contributed by atoms with E-state index in [1.54, 1.807) is 24.9 Å². The molecular weight excluding hydrogens is 458 g/mol. The topological polar surface area (TPSA) is 84.2 Å². The number of carbonyl (C=O) groups is 2. The molecule has 2 aliphatic heterocycles. The molecule has 0 bridgehead atoms. The van der Waals surface area contributed by atoms with E-state index in [2.05, 4.69) is 58.3 Å². The Hall–Kier alpha value is -3.42. The van der Waals surface area contributed by atoms with Crippen LogP contribution < -0.4 is 5.32 Å². The van der Waals surface area contributed by atoms with Gasteiger partial charge in [-0.05, 0) is 55.5 Å². The summed E-state index contributed by atoms with van der Waals surface area (Å²) in [4.78, 5) is 29.2. The van der Waals surface area contributed by atoms with Gasteiger partial charge in [0.25, 0.3) is 11.8 Å². The summed E-state index contributed by atoms with van der Waals surface area (Å²) in [5, 5.41) is 12.8. The van der Waals surface area contributed by atoms with Gasteiger partial charge in [0.05, 0.1) is 5.57 Å². The Labute approximate surface area is 208 Å². The summed E-state index contributed by atoms with van der Waals surface area (Å²) in [5.74, 6) is -0.567. The molecule has 0 fully saturated rings. The first kappa shape index (κ1) is 23.3. The van der Waals surface area contributed by atoms with Gasteiger partial charge in [0.2, 0.25) is 0 Å². The highest BCUT2D eigenvalue weighted by Crippen LogP contribution is 2.50. The van der Waals surface area contributed by atoms with Crippen LogP contribution in [0.1, 0.15) is 36.5 Å². The number of aryl methyl sites for hydroxylation is 2. The fourth-order valence-corrected chi connectivity index (χ4v) is 6.22. The number of benzene rings is 1. The lowest BCUT2D eigenvalue weighted by atomic mass is 9.93. The van der Waals surface area contributed by atoms with Gasteiger partial charge < -0.3 is 9.67 Å². The standard InChI is InChI=1S/C17H13NO2S.C11H14N2O/c1-9-14(17(20)18-16(9)19)12-7-4-6-11-10-5-2-3-8-13(10)21-15(11)12;1-9-8-13(6-3-7-14)11-10(9)4-2-5-12-11/h2-7,13H,8H2,1H3,(H,18,19,20);2,4-5,8,14H,3,6-7H2,1H3. The Kier molecular flexibility index (Phi) is 6.45. The maximum atomic E-state index is 12.1. The van der Waals surface area contributed by atoms with E-state index in [1.165, 1.54) is 22.1 Å². The number of hydrogen-bond donors (Lipinski definition) is 2. The second-order valence-electron chi connectivity index (χ2n) is 8.82. The summed E-state index contributed by atoms with van der Waals surface area (Å²) >= 11 is 1.79. The number of nitrogens with zero attached hydrogens (tertiary/aromatic N) is 2. The van der Waals surface area contributed by atoms with E-state index in [1.807, 2.05) is 18.2 Å². The fourth-order valence-electron chi connectivity index (χ4n) is 4.79. The van der Waals surface area contributed by atoms with Crippen LogP contribution in [0.2, 0.25) is 0 Å². The predicted octanol–water partition coefficient (Wildman–Crippen LogP) is 4.66. The summed E-state index contributed by atoms with van der Waals surface area (Å²) in [6.07, 6.45) is 12.1. The van der Waals surface area contributed by atoms with E-state index < -0.39 is 0 Å². The highest BCUT2D eigenvalue weighted by atomic mass is 32.2. The van der Waals surface area contributed by atoms with Crippen molar-refractivity contribution in [2.24, 2.45) is 0 Å². The minimum atomic E-state index is -0.284. The lowest BCUT2D eigenvalue weighted by molar-refractivity contribution is -0.123. The Morgan fingerprint density at radius 1 is 1.14 bits per heavy atom. The van der Waals surface area contributed by atoms with Gasteiger partial charge in [0.1, 0.15) is 5.65 Å². The lowest BCUT2D eigenvalue weighted by Crippen LogP contribution is -2.22. The second-order valence-corrected chi connectivity index (χ2v) is 10.0. The smallest absolute Gasteiger partial charge is 0.259 e. The van der Waals surface area contributed by atoms with Crippen LogP contribution in [0.25, 0.3) is 22.2 Å². The summed E-state index contributed by atoms with van der Waals surface area (Å²) in [5.41, 5.74) is 6.69. The van der Waals surface area contributed by atoms with Crippen molar-refractivity contribution in [2.75, 3.05) is 6.61 Å². The van der Waals surface area contributed by atoms with Crippen molar-refractivity contribution < 1.29 is 14.7 Å². The monoisotopic (exact) mass is 485 g/mol. The van der Waals surface area contributed by atoms with Crippen molar-refractivity contribution in [2.45, 2.75) is 43.4 Å². The molecule has 3 aliphatic rings. The van der Waals surface area contributed by atoms with Gasteiger partial charge in [0, 0.05) is 52.2 Å². The normalized spacial score (nSPS) is 18.3. The van der Waals surface area contributed by atoms with Crippen LogP contribution in [-0.4, -0.2) is 38.3 Å². The number of pyridine rings is 1. The summed E-state index contributed by atoms with van der Waals surface area (Å²) in [6, 6.07) is 10.0. The van der Waals surface area contributed by atoms with Gasteiger partial charge in [0.15, 0.2) is 0 Å². The van der Waals surface area contributed by atoms with Crippen molar-refractivity contribution >= 4 is 45.8 Å². The lowest BCUT2D eigenvalue weighted by Gasteiger charge is -2.11. The average molecular weight is 486 g/mol. The number of allylic oxidation sites excluding steroid dienone is 3. The minimum Gasteiger partial charge on any atom is -0.396 e. The van der Waals surface area contributed by atoms with Crippen molar-refractivity contribution in [3.8, 4) is 0 Å². The molecule has 0 radical (unpaired) electrons. The number of nitrogens with one attached hydrogen (secondary N) is 1. The highest BCUT2D eigenvalue weighted by molar-refractivity contribution is 8.01. The summed E-state index contributed by atoms with van der Waals surface area (Å²) < 4.78 is 2.10. The molecular formula is C28H27N3O3S. The molecule has 2 N–H and O–H groups in total. The Balaban J connectivity index is 0.000000158. The maximum Gasteiger partial charge on any atom is 0.259 e. The van der Waals surface area contributed by atoms with Crippen LogP contribution in [-0.2, 0) is 16.1 Å². The number of aliphatic hydroxyl groups excluding tert-OH is 1. The van der Waals surface area contributed by atoms with Crippen LogP contribution >= 0.6 is 11.8 Å². The average Bonchev–Trinajstić information content (AvgIpc) is 3.49. The Bertz CT molecular complexity index is 1430. The van der Waals surface area contributed by atoms with Gasteiger partial charge in [-0.15, -0.1) is 11.8 Å². The number of carbonyl (C=O) groups excluding carboxylic acids is 2. The van der Waals surface area contributed by atoms with Crippen LogP contribution in [0.5, 0.6) is 0 Å². The zero-order valence-corrected chi connectivity index (χ0v) is 20.6. The molecule has 0 spiro atoms. The summed E-state index contributed by atoms with van der Waals surface area (Å²) in [7, 11) is 0. The van der Waals surface area contributed by atoms with Crippen LogP contribution in [0, 0.1) is 6.92 Å². The zero-order chi connectivity index (χ0) is 24.5.